The van der Waals surface area contributed by atoms with Crippen molar-refractivity contribution in [3.05, 3.63) is 60.0 Å². The predicted molar refractivity (Wildman–Crippen MR) is 150 cm³/mol. The topological polar surface area (TPSA) is 48.0 Å². The first-order chi connectivity index (χ1) is 16.4. The average molecular weight is 650 g/mol. The van der Waals surface area contributed by atoms with Gasteiger partial charge in [-0.3, -0.25) is 9.69 Å². The van der Waals surface area contributed by atoms with Crippen LogP contribution in [0.2, 0.25) is 10.0 Å². The normalized spacial score (nSPS) is 19.4. The molecule has 4 rings (SSSR count). The second-order valence-electron chi connectivity index (χ2n) is 7.73. The molecule has 34 heavy (non-hydrogen) atoms. The molecule has 0 radical (unpaired) electrons. The van der Waals surface area contributed by atoms with Gasteiger partial charge in [0.2, 0.25) is 0 Å². The standard InChI is InChI=1S/C24H22Cl2INO4S2/c1-2-30-20-10-15(9-19(27)22(20)32-13-14-5-6-17(25)18(26)8-14)11-21-23(29)28(24(33)34-21)12-16-4-3-7-31-16/h5-6,8-11,16H,2-4,7,12-13H2,1H3/b21-11-/t16-/m0/s1. The maximum absolute atomic E-state index is 13.0. The average Bonchev–Trinajstić information content (AvgIpc) is 3.40. The summed E-state index contributed by atoms with van der Waals surface area (Å²) in [5.74, 6) is 1.16. The Morgan fingerprint density at radius 2 is 2.09 bits per heavy atom. The highest BCUT2D eigenvalue weighted by atomic mass is 127. The fourth-order valence-electron chi connectivity index (χ4n) is 3.66. The van der Waals surface area contributed by atoms with Gasteiger partial charge >= 0.3 is 0 Å². The van der Waals surface area contributed by atoms with Crippen LogP contribution in [-0.2, 0) is 16.1 Å². The van der Waals surface area contributed by atoms with Crippen LogP contribution < -0.4 is 9.47 Å². The lowest BCUT2D eigenvalue weighted by molar-refractivity contribution is -0.123. The Kier molecular flexibility index (Phi) is 9.03. The van der Waals surface area contributed by atoms with Crippen molar-refractivity contribution in [3.63, 3.8) is 0 Å². The fraction of sp³-hybridized carbons (Fsp3) is 0.333. The Hall–Kier alpha value is -1.04. The number of ether oxygens (including phenoxy) is 3. The molecule has 2 heterocycles. The van der Waals surface area contributed by atoms with Crippen LogP contribution in [-0.4, -0.2) is 41.0 Å². The molecule has 2 aromatic carbocycles. The molecule has 0 aliphatic carbocycles. The number of amides is 1. The number of halogens is 3. The van der Waals surface area contributed by atoms with E-state index in [2.05, 4.69) is 22.6 Å². The van der Waals surface area contributed by atoms with Crippen LogP contribution >= 0.6 is 69.8 Å². The molecular weight excluding hydrogens is 628 g/mol. The van der Waals surface area contributed by atoms with Crippen LogP contribution in [0, 0.1) is 3.57 Å². The van der Waals surface area contributed by atoms with Crippen LogP contribution in [0.1, 0.15) is 30.9 Å². The number of carbonyl (C=O) groups excluding carboxylic acids is 1. The van der Waals surface area contributed by atoms with Crippen molar-refractivity contribution in [2.24, 2.45) is 0 Å². The van der Waals surface area contributed by atoms with Crippen LogP contribution in [0.4, 0.5) is 0 Å². The first kappa shape index (κ1) is 26.0. The maximum atomic E-state index is 13.0. The van der Waals surface area contributed by atoms with Crippen molar-refractivity contribution < 1.29 is 19.0 Å². The van der Waals surface area contributed by atoms with E-state index in [-0.39, 0.29) is 12.0 Å². The van der Waals surface area contributed by atoms with Gasteiger partial charge in [-0.2, -0.15) is 0 Å². The minimum absolute atomic E-state index is 0.0549. The summed E-state index contributed by atoms with van der Waals surface area (Å²) in [5.41, 5.74) is 1.74. The SMILES string of the molecule is CCOc1cc(/C=C2\SC(=S)N(C[C@@H]3CCCO3)C2=O)cc(I)c1OCc1ccc(Cl)c(Cl)c1. The van der Waals surface area contributed by atoms with E-state index in [0.717, 1.165) is 34.1 Å². The molecule has 2 aliphatic heterocycles. The fourth-order valence-corrected chi connectivity index (χ4v) is 6.04. The molecule has 10 heteroatoms. The summed E-state index contributed by atoms with van der Waals surface area (Å²) in [4.78, 5) is 15.2. The molecule has 180 valence electrons. The number of thioether (sulfide) groups is 1. The molecule has 1 amide bonds. The first-order valence-corrected chi connectivity index (χ1v) is 13.8. The summed E-state index contributed by atoms with van der Waals surface area (Å²) in [6.07, 6.45) is 3.88. The second kappa shape index (κ2) is 11.8. The molecular formula is C24H22Cl2INO4S2. The highest BCUT2D eigenvalue weighted by molar-refractivity contribution is 14.1. The summed E-state index contributed by atoms with van der Waals surface area (Å²) < 4.78 is 19.1. The monoisotopic (exact) mass is 649 g/mol. The molecule has 1 atom stereocenters. The smallest absolute Gasteiger partial charge is 0.266 e. The lowest BCUT2D eigenvalue weighted by Gasteiger charge is -2.18. The summed E-state index contributed by atoms with van der Waals surface area (Å²) in [6, 6.07) is 9.23. The van der Waals surface area contributed by atoms with Gasteiger partial charge in [-0.15, -0.1) is 0 Å². The zero-order valence-corrected chi connectivity index (χ0v) is 23.6. The van der Waals surface area contributed by atoms with Gasteiger partial charge in [0.15, 0.2) is 11.5 Å². The van der Waals surface area contributed by atoms with Crippen molar-refractivity contribution in [1.82, 2.24) is 4.90 Å². The van der Waals surface area contributed by atoms with Crippen LogP contribution in [0.5, 0.6) is 11.5 Å². The van der Waals surface area contributed by atoms with Crippen LogP contribution in [0.25, 0.3) is 6.08 Å². The minimum Gasteiger partial charge on any atom is -0.490 e. The largest absolute Gasteiger partial charge is 0.490 e. The van der Waals surface area contributed by atoms with E-state index < -0.39 is 0 Å². The number of hydrogen-bond acceptors (Lipinski definition) is 6. The van der Waals surface area contributed by atoms with Crippen molar-refractivity contribution in [2.45, 2.75) is 32.5 Å². The van der Waals surface area contributed by atoms with Crippen LogP contribution in [0.3, 0.4) is 0 Å². The van der Waals surface area contributed by atoms with Crippen molar-refractivity contribution >= 4 is 86.1 Å². The Balaban J connectivity index is 1.53. The first-order valence-electron chi connectivity index (χ1n) is 10.8. The molecule has 2 aromatic rings. The molecule has 0 unspecified atom stereocenters. The van der Waals surface area contributed by atoms with Gasteiger partial charge in [-0.05, 0) is 83.8 Å². The van der Waals surface area contributed by atoms with Gasteiger partial charge in [0, 0.05) is 6.61 Å². The van der Waals surface area contributed by atoms with Crippen molar-refractivity contribution in [3.8, 4) is 11.5 Å². The molecule has 0 N–H and O–H groups in total. The van der Waals surface area contributed by atoms with Crippen LogP contribution in [0.15, 0.2) is 35.2 Å². The molecule has 2 aliphatic rings. The molecule has 0 saturated carbocycles. The van der Waals surface area contributed by atoms with E-state index in [0.29, 0.717) is 50.5 Å². The number of rotatable bonds is 8. The quantitative estimate of drug-likeness (QED) is 0.175. The Morgan fingerprint density at radius 1 is 1.26 bits per heavy atom. The molecule has 5 nitrogen and oxygen atoms in total. The van der Waals surface area contributed by atoms with Gasteiger partial charge < -0.3 is 14.2 Å². The zero-order valence-electron chi connectivity index (χ0n) is 18.3. The summed E-state index contributed by atoms with van der Waals surface area (Å²) in [6.45, 7) is 3.96. The molecule has 2 fully saturated rings. The number of hydrogen-bond donors (Lipinski definition) is 0. The Morgan fingerprint density at radius 3 is 2.79 bits per heavy atom. The third kappa shape index (κ3) is 6.20. The lowest BCUT2D eigenvalue weighted by Crippen LogP contribution is -2.35. The molecule has 0 bridgehead atoms. The zero-order chi connectivity index (χ0) is 24.2. The van der Waals surface area contributed by atoms with E-state index >= 15 is 0 Å². The number of carbonyl (C=O) groups is 1. The highest BCUT2D eigenvalue weighted by Gasteiger charge is 2.34. The second-order valence-corrected chi connectivity index (χ2v) is 11.4. The summed E-state index contributed by atoms with van der Waals surface area (Å²) in [7, 11) is 0. The Labute approximate surface area is 232 Å². The Bertz CT molecular complexity index is 1140. The number of nitrogens with zero attached hydrogens (tertiary/aromatic N) is 1. The third-order valence-corrected chi connectivity index (χ3v) is 8.20. The highest BCUT2D eigenvalue weighted by Crippen LogP contribution is 2.38. The minimum atomic E-state index is -0.0848. The van der Waals surface area contributed by atoms with Gasteiger partial charge in [-0.25, -0.2) is 0 Å². The van der Waals surface area contributed by atoms with Crippen molar-refractivity contribution in [2.75, 3.05) is 19.8 Å². The third-order valence-electron chi connectivity index (χ3n) is 5.28. The van der Waals surface area contributed by atoms with E-state index in [1.807, 2.05) is 31.2 Å². The van der Waals surface area contributed by atoms with E-state index in [4.69, 9.17) is 49.6 Å². The predicted octanol–water partition coefficient (Wildman–Crippen LogP) is 6.96. The molecule has 0 spiro atoms. The van der Waals surface area contributed by atoms with E-state index in [1.165, 1.54) is 11.8 Å². The van der Waals surface area contributed by atoms with Crippen molar-refractivity contribution in [1.29, 1.82) is 0 Å². The van der Waals surface area contributed by atoms with E-state index in [9.17, 15) is 4.79 Å². The molecule has 0 aromatic heterocycles. The number of benzene rings is 2. The van der Waals surface area contributed by atoms with Gasteiger partial charge in [0.25, 0.3) is 5.91 Å². The lowest BCUT2D eigenvalue weighted by atomic mass is 10.1. The van der Waals surface area contributed by atoms with E-state index in [1.54, 1.807) is 17.0 Å². The van der Waals surface area contributed by atoms with Gasteiger partial charge in [-0.1, -0.05) is 53.2 Å². The molecule has 2 saturated heterocycles. The van der Waals surface area contributed by atoms with Gasteiger partial charge in [0.1, 0.15) is 10.9 Å². The number of thiocarbonyl (C=S) groups is 1. The van der Waals surface area contributed by atoms with Gasteiger partial charge in [0.05, 0.1) is 37.8 Å². The summed E-state index contributed by atoms with van der Waals surface area (Å²) in [5, 5.41) is 0.982. The summed E-state index contributed by atoms with van der Waals surface area (Å²) >= 11 is 21.1. The maximum Gasteiger partial charge on any atom is 0.266 e.